The number of nitrogens with two attached hydrogens (primary N) is 1. The highest BCUT2D eigenvalue weighted by molar-refractivity contribution is 5.43. The lowest BCUT2D eigenvalue weighted by atomic mass is 10.1. The predicted molar refractivity (Wildman–Crippen MR) is 52.3 cm³/mol. The predicted octanol–water partition coefficient (Wildman–Crippen LogP) is 1.19. The zero-order valence-electron chi connectivity index (χ0n) is 7.96. The SMILES string of the molecule is CN(CC(C)(C)N)c1cc[nH]c1. The highest BCUT2D eigenvalue weighted by Crippen LogP contribution is 2.12. The van der Waals surface area contributed by atoms with Crippen LogP contribution in [0.15, 0.2) is 18.5 Å². The quantitative estimate of drug-likeness (QED) is 0.710. The normalized spacial score (nSPS) is 11.7. The molecule has 0 saturated carbocycles. The van der Waals surface area contributed by atoms with Crippen LogP contribution in [0.5, 0.6) is 0 Å². The number of nitrogens with one attached hydrogen (secondary N) is 1. The molecular weight excluding hydrogens is 150 g/mol. The Kier molecular flexibility index (Phi) is 2.43. The average Bonchev–Trinajstić information content (AvgIpc) is 2.32. The summed E-state index contributed by atoms with van der Waals surface area (Å²) >= 11 is 0. The third kappa shape index (κ3) is 2.58. The Balaban J connectivity index is 2.56. The molecule has 68 valence electrons. The first kappa shape index (κ1) is 9.13. The highest BCUT2D eigenvalue weighted by Gasteiger charge is 2.13. The summed E-state index contributed by atoms with van der Waals surface area (Å²) in [5, 5.41) is 0. The van der Waals surface area contributed by atoms with Gasteiger partial charge in [-0.05, 0) is 19.9 Å². The molecule has 12 heavy (non-hydrogen) atoms. The van der Waals surface area contributed by atoms with Crippen molar-refractivity contribution in [2.45, 2.75) is 19.4 Å². The maximum Gasteiger partial charge on any atom is 0.0541 e. The summed E-state index contributed by atoms with van der Waals surface area (Å²) in [6.07, 6.45) is 3.88. The van der Waals surface area contributed by atoms with Crippen molar-refractivity contribution >= 4 is 5.69 Å². The number of hydrogen-bond donors (Lipinski definition) is 2. The molecule has 0 aliphatic rings. The fourth-order valence-corrected chi connectivity index (χ4v) is 1.26. The molecule has 0 bridgehead atoms. The van der Waals surface area contributed by atoms with E-state index in [1.807, 2.05) is 39.4 Å². The van der Waals surface area contributed by atoms with Crippen LogP contribution in [0, 0.1) is 0 Å². The van der Waals surface area contributed by atoms with Crippen molar-refractivity contribution in [1.82, 2.24) is 4.98 Å². The summed E-state index contributed by atoms with van der Waals surface area (Å²) in [6.45, 7) is 4.90. The minimum Gasteiger partial charge on any atom is -0.372 e. The zero-order valence-corrected chi connectivity index (χ0v) is 7.96. The van der Waals surface area contributed by atoms with E-state index in [0.29, 0.717) is 0 Å². The standard InChI is InChI=1S/C9H17N3/c1-9(2,10)7-12(3)8-4-5-11-6-8/h4-6,11H,7,10H2,1-3H3. The molecule has 0 aromatic carbocycles. The molecule has 0 aliphatic carbocycles. The van der Waals surface area contributed by atoms with Crippen LogP contribution in [0.4, 0.5) is 5.69 Å². The number of nitrogens with zero attached hydrogens (tertiary/aromatic N) is 1. The Morgan fingerprint density at radius 3 is 2.67 bits per heavy atom. The number of aromatic amines is 1. The van der Waals surface area contributed by atoms with Gasteiger partial charge in [0.1, 0.15) is 0 Å². The van der Waals surface area contributed by atoms with Crippen molar-refractivity contribution in [3.63, 3.8) is 0 Å². The summed E-state index contributed by atoms with van der Waals surface area (Å²) in [7, 11) is 2.04. The fraction of sp³-hybridized carbons (Fsp3) is 0.556. The molecule has 0 saturated heterocycles. The molecule has 0 unspecified atom stereocenters. The summed E-state index contributed by atoms with van der Waals surface area (Å²) in [4.78, 5) is 5.15. The molecule has 0 atom stereocenters. The molecule has 1 heterocycles. The molecule has 0 aliphatic heterocycles. The summed E-state index contributed by atoms with van der Waals surface area (Å²) in [5.74, 6) is 0. The lowest BCUT2D eigenvalue weighted by Crippen LogP contribution is -2.43. The molecule has 3 heteroatoms. The van der Waals surface area contributed by atoms with Gasteiger partial charge in [0.2, 0.25) is 0 Å². The molecule has 1 rings (SSSR count). The maximum absolute atomic E-state index is 5.89. The van der Waals surface area contributed by atoms with Gasteiger partial charge in [-0.1, -0.05) is 0 Å². The second kappa shape index (κ2) is 3.19. The topological polar surface area (TPSA) is 45.0 Å². The molecule has 0 spiro atoms. The first-order valence-corrected chi connectivity index (χ1v) is 4.12. The van der Waals surface area contributed by atoms with Crippen LogP contribution in [-0.2, 0) is 0 Å². The van der Waals surface area contributed by atoms with E-state index in [1.54, 1.807) is 0 Å². The monoisotopic (exact) mass is 167 g/mol. The van der Waals surface area contributed by atoms with Gasteiger partial charge in [0.05, 0.1) is 5.69 Å². The Morgan fingerprint density at radius 1 is 1.58 bits per heavy atom. The summed E-state index contributed by atoms with van der Waals surface area (Å²) < 4.78 is 0. The first-order valence-electron chi connectivity index (χ1n) is 4.12. The molecule has 0 amide bonds. The minimum atomic E-state index is -0.147. The van der Waals surface area contributed by atoms with Gasteiger partial charge in [-0.3, -0.25) is 0 Å². The van der Waals surface area contributed by atoms with Crippen LogP contribution >= 0.6 is 0 Å². The smallest absolute Gasteiger partial charge is 0.0541 e. The van der Waals surface area contributed by atoms with Crippen molar-refractivity contribution < 1.29 is 0 Å². The second-order valence-corrected chi connectivity index (χ2v) is 3.91. The third-order valence-corrected chi connectivity index (χ3v) is 1.67. The summed E-state index contributed by atoms with van der Waals surface area (Å²) in [5.41, 5.74) is 6.92. The van der Waals surface area contributed by atoms with Gasteiger partial charge in [-0.25, -0.2) is 0 Å². The molecule has 1 aromatic heterocycles. The van der Waals surface area contributed by atoms with Gasteiger partial charge < -0.3 is 15.6 Å². The Hall–Kier alpha value is -0.960. The lowest BCUT2D eigenvalue weighted by molar-refractivity contribution is 0.519. The fourth-order valence-electron chi connectivity index (χ4n) is 1.26. The van der Waals surface area contributed by atoms with E-state index in [4.69, 9.17) is 5.73 Å². The van der Waals surface area contributed by atoms with E-state index in [9.17, 15) is 0 Å². The zero-order chi connectivity index (χ0) is 9.19. The van der Waals surface area contributed by atoms with Crippen molar-refractivity contribution in [3.05, 3.63) is 18.5 Å². The van der Waals surface area contributed by atoms with Crippen molar-refractivity contribution in [2.75, 3.05) is 18.5 Å². The number of likely N-dealkylation sites (N-methyl/N-ethyl adjacent to an activating group) is 1. The van der Waals surface area contributed by atoms with E-state index in [2.05, 4.69) is 9.88 Å². The van der Waals surface area contributed by atoms with Gasteiger partial charge in [0.15, 0.2) is 0 Å². The molecule has 0 radical (unpaired) electrons. The van der Waals surface area contributed by atoms with E-state index >= 15 is 0 Å². The van der Waals surface area contributed by atoms with Crippen molar-refractivity contribution in [1.29, 1.82) is 0 Å². The summed E-state index contributed by atoms with van der Waals surface area (Å²) in [6, 6.07) is 2.03. The van der Waals surface area contributed by atoms with E-state index < -0.39 is 0 Å². The molecule has 3 N–H and O–H groups in total. The number of hydrogen-bond acceptors (Lipinski definition) is 2. The van der Waals surface area contributed by atoms with E-state index in [-0.39, 0.29) is 5.54 Å². The van der Waals surface area contributed by atoms with Crippen LogP contribution in [0.2, 0.25) is 0 Å². The first-order chi connectivity index (χ1) is 5.49. The lowest BCUT2D eigenvalue weighted by Gasteiger charge is -2.27. The number of aromatic nitrogens is 1. The molecule has 3 nitrogen and oxygen atoms in total. The largest absolute Gasteiger partial charge is 0.372 e. The van der Waals surface area contributed by atoms with Crippen LogP contribution < -0.4 is 10.6 Å². The van der Waals surface area contributed by atoms with Gasteiger partial charge in [-0.2, -0.15) is 0 Å². The van der Waals surface area contributed by atoms with Crippen molar-refractivity contribution in [2.24, 2.45) is 5.73 Å². The second-order valence-electron chi connectivity index (χ2n) is 3.91. The van der Waals surface area contributed by atoms with Crippen LogP contribution in [-0.4, -0.2) is 24.1 Å². The van der Waals surface area contributed by atoms with Crippen LogP contribution in [0.1, 0.15) is 13.8 Å². The minimum absolute atomic E-state index is 0.147. The van der Waals surface area contributed by atoms with E-state index in [1.165, 1.54) is 5.69 Å². The van der Waals surface area contributed by atoms with Gasteiger partial charge >= 0.3 is 0 Å². The Labute approximate surface area is 73.6 Å². The Bertz CT molecular complexity index is 220. The highest BCUT2D eigenvalue weighted by atomic mass is 15.1. The van der Waals surface area contributed by atoms with Gasteiger partial charge in [0.25, 0.3) is 0 Å². The van der Waals surface area contributed by atoms with Gasteiger partial charge in [-0.15, -0.1) is 0 Å². The maximum atomic E-state index is 5.89. The Morgan fingerprint density at radius 2 is 2.25 bits per heavy atom. The molecule has 1 aromatic rings. The van der Waals surface area contributed by atoms with E-state index in [0.717, 1.165) is 6.54 Å². The molecule has 0 fully saturated rings. The number of H-pyrrole nitrogens is 1. The van der Waals surface area contributed by atoms with Crippen molar-refractivity contribution in [3.8, 4) is 0 Å². The number of anilines is 1. The van der Waals surface area contributed by atoms with Crippen LogP contribution in [0.25, 0.3) is 0 Å². The van der Waals surface area contributed by atoms with Crippen LogP contribution in [0.3, 0.4) is 0 Å². The van der Waals surface area contributed by atoms with Gasteiger partial charge in [0, 0.05) is 31.5 Å². The third-order valence-electron chi connectivity index (χ3n) is 1.67. The molecular formula is C9H17N3. The average molecular weight is 167 g/mol. The number of rotatable bonds is 3.